The van der Waals surface area contributed by atoms with Gasteiger partial charge in [-0.15, -0.1) is 0 Å². The summed E-state index contributed by atoms with van der Waals surface area (Å²) in [5.41, 5.74) is 1.26. The van der Waals surface area contributed by atoms with Gasteiger partial charge in [-0.25, -0.2) is 0 Å². The number of carbonyl (C=O) groups is 1. The molecule has 0 atom stereocenters. The topological polar surface area (TPSA) is 85.3 Å². The molecule has 0 spiro atoms. The number of nitrogens with zero attached hydrogens (tertiary/aromatic N) is 1. The average molecular weight is 428 g/mol. The van der Waals surface area contributed by atoms with Crippen LogP contribution in [0.3, 0.4) is 0 Å². The van der Waals surface area contributed by atoms with Crippen LogP contribution in [0.15, 0.2) is 41.2 Å². The standard InChI is InChI=1S/C22H25N3O4S/c1-4-5-6-11-25-21(27)16-9-7-14(12-17(16)24-22(25)30)20(26)23-18-13-15(28-2)8-10-19(18)29-3/h7-10,12-13H,4-6,11H2,1-3H3,(H,23,26)(H,24,30). The third kappa shape index (κ3) is 4.54. The number of hydrogen-bond acceptors (Lipinski definition) is 5. The lowest BCUT2D eigenvalue weighted by atomic mass is 10.1. The van der Waals surface area contributed by atoms with E-state index in [-0.39, 0.29) is 11.5 Å². The van der Waals surface area contributed by atoms with Gasteiger partial charge in [0.2, 0.25) is 0 Å². The zero-order valence-corrected chi connectivity index (χ0v) is 18.1. The highest BCUT2D eigenvalue weighted by Gasteiger charge is 2.13. The van der Waals surface area contributed by atoms with Gasteiger partial charge in [-0.05, 0) is 49.0 Å². The molecule has 1 aromatic heterocycles. The second-order valence-corrected chi connectivity index (χ2v) is 7.26. The number of aromatic amines is 1. The van der Waals surface area contributed by atoms with Gasteiger partial charge in [0.05, 0.1) is 30.8 Å². The van der Waals surface area contributed by atoms with E-state index in [4.69, 9.17) is 21.7 Å². The second kappa shape index (κ2) is 9.58. The zero-order valence-electron chi connectivity index (χ0n) is 17.3. The summed E-state index contributed by atoms with van der Waals surface area (Å²) in [4.78, 5) is 28.7. The number of nitrogens with one attached hydrogen (secondary N) is 2. The molecule has 2 N–H and O–H groups in total. The highest BCUT2D eigenvalue weighted by molar-refractivity contribution is 7.71. The van der Waals surface area contributed by atoms with Gasteiger partial charge in [0, 0.05) is 18.2 Å². The number of ether oxygens (including phenoxy) is 2. The fourth-order valence-electron chi connectivity index (χ4n) is 3.22. The van der Waals surface area contributed by atoms with Crippen LogP contribution < -0.4 is 20.3 Å². The first kappa shape index (κ1) is 21.6. The Bertz CT molecular complexity index is 1180. The van der Waals surface area contributed by atoms with Crippen LogP contribution in [0.25, 0.3) is 10.9 Å². The molecule has 0 aliphatic rings. The summed E-state index contributed by atoms with van der Waals surface area (Å²) in [6.07, 6.45) is 2.99. The second-order valence-electron chi connectivity index (χ2n) is 6.87. The van der Waals surface area contributed by atoms with E-state index in [2.05, 4.69) is 17.2 Å². The largest absolute Gasteiger partial charge is 0.497 e. The van der Waals surface area contributed by atoms with Crippen molar-refractivity contribution >= 4 is 34.7 Å². The summed E-state index contributed by atoms with van der Waals surface area (Å²) < 4.78 is 12.4. The van der Waals surface area contributed by atoms with Crippen LogP contribution >= 0.6 is 12.2 Å². The van der Waals surface area contributed by atoms with E-state index >= 15 is 0 Å². The third-order valence-electron chi connectivity index (χ3n) is 4.88. The maximum atomic E-state index is 12.8. The molecule has 0 unspecified atom stereocenters. The summed E-state index contributed by atoms with van der Waals surface area (Å²) >= 11 is 5.37. The molecular formula is C22H25N3O4S. The molecule has 0 saturated carbocycles. The summed E-state index contributed by atoms with van der Waals surface area (Å²) in [5.74, 6) is 0.770. The Hall–Kier alpha value is -3.13. The van der Waals surface area contributed by atoms with Crippen LogP contribution in [0.5, 0.6) is 11.5 Å². The van der Waals surface area contributed by atoms with Crippen molar-refractivity contribution in [3.8, 4) is 11.5 Å². The Kier molecular flexibility index (Phi) is 6.89. The van der Waals surface area contributed by atoms with E-state index in [0.29, 0.717) is 45.0 Å². The van der Waals surface area contributed by atoms with E-state index in [0.717, 1.165) is 19.3 Å². The lowest BCUT2D eigenvalue weighted by Crippen LogP contribution is -2.22. The molecule has 7 nitrogen and oxygen atoms in total. The van der Waals surface area contributed by atoms with Gasteiger partial charge in [-0.2, -0.15) is 0 Å². The number of benzene rings is 2. The number of amides is 1. The van der Waals surface area contributed by atoms with E-state index in [1.54, 1.807) is 48.1 Å². The number of hydrogen-bond donors (Lipinski definition) is 2. The Labute approximate surface area is 179 Å². The maximum absolute atomic E-state index is 12.8. The fourth-order valence-corrected chi connectivity index (χ4v) is 3.51. The minimum absolute atomic E-state index is 0.147. The van der Waals surface area contributed by atoms with E-state index in [9.17, 15) is 9.59 Å². The minimum atomic E-state index is -0.338. The van der Waals surface area contributed by atoms with Gasteiger partial charge in [0.1, 0.15) is 11.5 Å². The molecule has 0 bridgehead atoms. The highest BCUT2D eigenvalue weighted by atomic mass is 32.1. The van der Waals surface area contributed by atoms with Crippen LogP contribution in [-0.4, -0.2) is 29.7 Å². The van der Waals surface area contributed by atoms with Crippen molar-refractivity contribution in [1.82, 2.24) is 9.55 Å². The average Bonchev–Trinajstić information content (AvgIpc) is 2.75. The molecule has 2 aromatic carbocycles. The number of anilines is 1. The Morgan fingerprint density at radius 3 is 2.63 bits per heavy atom. The Balaban J connectivity index is 1.92. The first-order chi connectivity index (χ1) is 14.5. The van der Waals surface area contributed by atoms with Gasteiger partial charge in [0.15, 0.2) is 4.77 Å². The van der Waals surface area contributed by atoms with Gasteiger partial charge < -0.3 is 19.8 Å². The Morgan fingerprint density at radius 1 is 1.13 bits per heavy atom. The highest BCUT2D eigenvalue weighted by Crippen LogP contribution is 2.29. The first-order valence-electron chi connectivity index (χ1n) is 9.78. The summed E-state index contributed by atoms with van der Waals surface area (Å²) in [6, 6.07) is 10.0. The Morgan fingerprint density at radius 2 is 1.93 bits per heavy atom. The molecule has 0 radical (unpaired) electrons. The van der Waals surface area contributed by atoms with Gasteiger partial charge in [-0.1, -0.05) is 19.8 Å². The molecule has 0 aliphatic heterocycles. The van der Waals surface area contributed by atoms with Crippen molar-refractivity contribution in [2.75, 3.05) is 19.5 Å². The maximum Gasteiger partial charge on any atom is 0.262 e. The fraction of sp³-hybridized carbons (Fsp3) is 0.318. The number of unbranched alkanes of at least 4 members (excludes halogenated alkanes) is 2. The SMILES string of the molecule is CCCCCn1c(=S)[nH]c2cc(C(=O)Nc3cc(OC)ccc3OC)ccc2c1=O. The predicted octanol–water partition coefficient (Wildman–Crippen LogP) is 4.52. The van der Waals surface area contributed by atoms with Gasteiger partial charge in [-0.3, -0.25) is 14.2 Å². The number of rotatable bonds is 8. The summed E-state index contributed by atoms with van der Waals surface area (Å²) in [7, 11) is 3.08. The van der Waals surface area contributed by atoms with Crippen LogP contribution in [0.2, 0.25) is 0 Å². The number of fused-ring (bicyclic) bond motifs is 1. The van der Waals surface area contributed by atoms with Crippen molar-refractivity contribution in [3.05, 3.63) is 57.1 Å². The lowest BCUT2D eigenvalue weighted by Gasteiger charge is -2.12. The molecule has 3 aromatic rings. The zero-order chi connectivity index (χ0) is 21.7. The first-order valence-corrected chi connectivity index (χ1v) is 10.2. The number of H-pyrrole nitrogens is 1. The predicted molar refractivity (Wildman–Crippen MR) is 120 cm³/mol. The monoisotopic (exact) mass is 427 g/mol. The normalized spacial score (nSPS) is 10.8. The third-order valence-corrected chi connectivity index (χ3v) is 5.21. The quantitative estimate of drug-likeness (QED) is 0.408. The van der Waals surface area contributed by atoms with Crippen molar-refractivity contribution in [1.29, 1.82) is 0 Å². The molecule has 0 aliphatic carbocycles. The smallest absolute Gasteiger partial charge is 0.262 e. The molecule has 8 heteroatoms. The molecule has 30 heavy (non-hydrogen) atoms. The van der Waals surface area contributed by atoms with Crippen molar-refractivity contribution in [2.45, 2.75) is 32.7 Å². The van der Waals surface area contributed by atoms with Crippen molar-refractivity contribution in [3.63, 3.8) is 0 Å². The molecular weight excluding hydrogens is 402 g/mol. The van der Waals surface area contributed by atoms with Crippen LogP contribution in [-0.2, 0) is 6.54 Å². The van der Waals surface area contributed by atoms with Gasteiger partial charge >= 0.3 is 0 Å². The van der Waals surface area contributed by atoms with Crippen LogP contribution in [0, 0.1) is 4.77 Å². The molecule has 1 amide bonds. The molecule has 1 heterocycles. The van der Waals surface area contributed by atoms with Crippen LogP contribution in [0.1, 0.15) is 36.5 Å². The minimum Gasteiger partial charge on any atom is -0.497 e. The summed E-state index contributed by atoms with van der Waals surface area (Å²) in [6.45, 7) is 2.69. The molecule has 0 fully saturated rings. The van der Waals surface area contributed by atoms with Crippen LogP contribution in [0.4, 0.5) is 5.69 Å². The lowest BCUT2D eigenvalue weighted by molar-refractivity contribution is 0.102. The molecule has 0 saturated heterocycles. The van der Waals surface area contributed by atoms with E-state index in [1.807, 2.05) is 0 Å². The number of aromatic nitrogens is 2. The van der Waals surface area contributed by atoms with Crippen molar-refractivity contribution in [2.24, 2.45) is 0 Å². The van der Waals surface area contributed by atoms with E-state index in [1.165, 1.54) is 7.11 Å². The molecule has 158 valence electrons. The van der Waals surface area contributed by atoms with E-state index < -0.39 is 0 Å². The summed E-state index contributed by atoms with van der Waals surface area (Å²) in [5, 5.41) is 3.32. The number of methoxy groups -OCH3 is 2. The number of carbonyl (C=O) groups excluding carboxylic acids is 1. The molecule has 3 rings (SSSR count). The van der Waals surface area contributed by atoms with Gasteiger partial charge in [0.25, 0.3) is 11.5 Å². The van der Waals surface area contributed by atoms with Crippen molar-refractivity contribution < 1.29 is 14.3 Å².